The van der Waals surface area contributed by atoms with E-state index in [0.717, 1.165) is 0 Å². The zero-order chi connectivity index (χ0) is 17.3. The van der Waals surface area contributed by atoms with Crippen LogP contribution in [-0.4, -0.2) is 31.4 Å². The molecule has 7 heteroatoms. The molecule has 0 saturated carbocycles. The molecule has 0 amide bonds. The van der Waals surface area contributed by atoms with Crippen LogP contribution >= 0.6 is 15.9 Å². The SMILES string of the molecule is COc1cc(C2Oc3ccccc3OC2C(=O)O)cc(Br)c1OC. The number of carboxylic acids is 1. The van der Waals surface area contributed by atoms with Crippen LogP contribution in [0.5, 0.6) is 23.0 Å². The van der Waals surface area contributed by atoms with Crippen molar-refractivity contribution in [3.8, 4) is 23.0 Å². The van der Waals surface area contributed by atoms with E-state index in [4.69, 9.17) is 18.9 Å². The van der Waals surface area contributed by atoms with E-state index in [2.05, 4.69) is 15.9 Å². The molecule has 24 heavy (non-hydrogen) atoms. The van der Waals surface area contributed by atoms with Gasteiger partial charge in [-0.1, -0.05) is 12.1 Å². The van der Waals surface area contributed by atoms with Crippen LogP contribution in [0.4, 0.5) is 0 Å². The number of hydrogen-bond donors (Lipinski definition) is 1. The van der Waals surface area contributed by atoms with Crippen molar-refractivity contribution >= 4 is 21.9 Å². The number of hydrogen-bond acceptors (Lipinski definition) is 5. The number of aliphatic carboxylic acids is 1. The second-order valence-electron chi connectivity index (χ2n) is 5.10. The maximum Gasteiger partial charge on any atom is 0.349 e. The lowest BCUT2D eigenvalue weighted by molar-refractivity contribution is -0.151. The first-order chi connectivity index (χ1) is 11.5. The van der Waals surface area contributed by atoms with Crippen molar-refractivity contribution in [3.63, 3.8) is 0 Å². The van der Waals surface area contributed by atoms with Crippen LogP contribution in [0.3, 0.4) is 0 Å². The van der Waals surface area contributed by atoms with Crippen LogP contribution < -0.4 is 18.9 Å². The van der Waals surface area contributed by atoms with Gasteiger partial charge < -0.3 is 24.1 Å². The molecule has 0 bridgehead atoms. The summed E-state index contributed by atoms with van der Waals surface area (Å²) in [6, 6.07) is 10.4. The third kappa shape index (κ3) is 2.87. The van der Waals surface area contributed by atoms with E-state index < -0.39 is 18.2 Å². The molecule has 3 rings (SSSR count). The Morgan fingerprint density at radius 1 is 1.12 bits per heavy atom. The standard InChI is InChI=1S/C17H15BrO6/c1-21-13-8-9(7-10(18)15(13)22-2)14-16(17(19)20)24-12-6-4-3-5-11(12)23-14/h3-8,14,16H,1-2H3,(H,19,20). The van der Waals surface area contributed by atoms with Gasteiger partial charge in [0.1, 0.15) is 0 Å². The number of methoxy groups -OCH3 is 2. The van der Waals surface area contributed by atoms with Gasteiger partial charge in [-0.25, -0.2) is 4.79 Å². The minimum atomic E-state index is -1.18. The fourth-order valence-electron chi connectivity index (χ4n) is 2.57. The first-order valence-corrected chi connectivity index (χ1v) is 7.91. The summed E-state index contributed by atoms with van der Waals surface area (Å²) >= 11 is 3.41. The summed E-state index contributed by atoms with van der Waals surface area (Å²) in [6.07, 6.45) is -2.00. The van der Waals surface area contributed by atoms with Gasteiger partial charge in [-0.3, -0.25) is 0 Å². The van der Waals surface area contributed by atoms with Crippen LogP contribution in [0.15, 0.2) is 40.9 Å². The molecule has 2 unspecified atom stereocenters. The Morgan fingerprint density at radius 2 is 1.79 bits per heavy atom. The minimum absolute atomic E-state index is 0.403. The van der Waals surface area contributed by atoms with Gasteiger partial charge in [0.2, 0.25) is 6.10 Å². The second-order valence-corrected chi connectivity index (χ2v) is 5.95. The van der Waals surface area contributed by atoms with Gasteiger partial charge >= 0.3 is 5.97 Å². The molecule has 1 heterocycles. The van der Waals surface area contributed by atoms with E-state index in [9.17, 15) is 9.90 Å². The highest BCUT2D eigenvalue weighted by Gasteiger charge is 2.39. The summed E-state index contributed by atoms with van der Waals surface area (Å²) in [6.45, 7) is 0. The van der Waals surface area contributed by atoms with Crippen molar-refractivity contribution in [2.45, 2.75) is 12.2 Å². The van der Waals surface area contributed by atoms with Gasteiger partial charge in [0, 0.05) is 5.56 Å². The Morgan fingerprint density at radius 3 is 2.38 bits per heavy atom. The van der Waals surface area contributed by atoms with Crippen molar-refractivity contribution < 1.29 is 28.8 Å². The molecule has 0 fully saturated rings. The van der Waals surface area contributed by atoms with E-state index in [1.165, 1.54) is 14.2 Å². The highest BCUT2D eigenvalue weighted by Crippen LogP contribution is 2.43. The Balaban J connectivity index is 2.06. The summed E-state index contributed by atoms with van der Waals surface area (Å²) < 4.78 is 22.7. The third-order valence-electron chi connectivity index (χ3n) is 3.66. The first-order valence-electron chi connectivity index (χ1n) is 7.11. The molecular formula is C17H15BrO6. The fourth-order valence-corrected chi connectivity index (χ4v) is 3.19. The molecule has 6 nitrogen and oxygen atoms in total. The molecule has 126 valence electrons. The normalized spacial score (nSPS) is 18.8. The number of para-hydroxylation sites is 2. The summed E-state index contributed by atoms with van der Waals surface area (Å²) in [5.41, 5.74) is 0.599. The molecule has 0 saturated heterocycles. The molecular weight excluding hydrogens is 380 g/mol. The highest BCUT2D eigenvalue weighted by molar-refractivity contribution is 9.10. The predicted octanol–water partition coefficient (Wildman–Crippen LogP) is 3.43. The number of carbonyl (C=O) groups is 1. The lowest BCUT2D eigenvalue weighted by atomic mass is 10.0. The van der Waals surface area contributed by atoms with E-state index in [0.29, 0.717) is 33.0 Å². The molecule has 1 N–H and O–H groups in total. The lowest BCUT2D eigenvalue weighted by Gasteiger charge is -2.32. The summed E-state index contributed by atoms with van der Waals surface area (Å²) in [5, 5.41) is 9.52. The quantitative estimate of drug-likeness (QED) is 0.855. The Bertz CT molecular complexity index is 776. The zero-order valence-corrected chi connectivity index (χ0v) is 14.6. The molecule has 0 spiro atoms. The monoisotopic (exact) mass is 394 g/mol. The van der Waals surface area contributed by atoms with E-state index in [1.54, 1.807) is 36.4 Å². The van der Waals surface area contributed by atoms with E-state index >= 15 is 0 Å². The van der Waals surface area contributed by atoms with Crippen molar-refractivity contribution in [1.82, 2.24) is 0 Å². The van der Waals surface area contributed by atoms with Crippen molar-refractivity contribution in [3.05, 3.63) is 46.4 Å². The third-order valence-corrected chi connectivity index (χ3v) is 4.25. The van der Waals surface area contributed by atoms with Crippen LogP contribution in [0.25, 0.3) is 0 Å². The number of rotatable bonds is 4. The molecule has 1 aliphatic rings. The summed E-state index contributed by atoms with van der Waals surface area (Å²) in [7, 11) is 3.04. The second kappa shape index (κ2) is 6.60. The summed E-state index contributed by atoms with van der Waals surface area (Å²) in [4.78, 5) is 11.6. The van der Waals surface area contributed by atoms with Gasteiger partial charge in [-0.15, -0.1) is 0 Å². The summed E-state index contributed by atoms with van der Waals surface area (Å²) in [5.74, 6) is 0.769. The average Bonchev–Trinajstić information content (AvgIpc) is 2.59. The van der Waals surface area contributed by atoms with Crippen molar-refractivity contribution in [2.75, 3.05) is 14.2 Å². The van der Waals surface area contributed by atoms with E-state index in [-0.39, 0.29) is 0 Å². The number of carboxylic acid groups (broad SMARTS) is 1. The topological polar surface area (TPSA) is 74.2 Å². The van der Waals surface area contributed by atoms with Crippen LogP contribution in [0.1, 0.15) is 11.7 Å². The number of ether oxygens (including phenoxy) is 4. The van der Waals surface area contributed by atoms with Gasteiger partial charge in [0.05, 0.1) is 18.7 Å². The lowest BCUT2D eigenvalue weighted by Crippen LogP contribution is -2.39. The van der Waals surface area contributed by atoms with Gasteiger partial charge in [0.15, 0.2) is 29.1 Å². The molecule has 0 aliphatic carbocycles. The highest BCUT2D eigenvalue weighted by atomic mass is 79.9. The molecule has 0 aromatic heterocycles. The largest absolute Gasteiger partial charge is 0.493 e. The van der Waals surface area contributed by atoms with Gasteiger partial charge in [0.25, 0.3) is 0 Å². The minimum Gasteiger partial charge on any atom is -0.493 e. The number of benzene rings is 2. The molecule has 2 atom stereocenters. The number of fused-ring (bicyclic) bond motifs is 1. The zero-order valence-electron chi connectivity index (χ0n) is 13.0. The van der Waals surface area contributed by atoms with Crippen LogP contribution in [0.2, 0.25) is 0 Å². The first kappa shape index (κ1) is 16.4. The van der Waals surface area contributed by atoms with Gasteiger partial charge in [-0.05, 0) is 40.2 Å². The molecule has 2 aromatic carbocycles. The smallest absolute Gasteiger partial charge is 0.349 e. The van der Waals surface area contributed by atoms with Crippen molar-refractivity contribution in [1.29, 1.82) is 0 Å². The van der Waals surface area contributed by atoms with Crippen LogP contribution in [-0.2, 0) is 4.79 Å². The maximum atomic E-state index is 11.6. The van der Waals surface area contributed by atoms with Crippen LogP contribution in [0, 0.1) is 0 Å². The fraction of sp³-hybridized carbons (Fsp3) is 0.235. The number of halogens is 1. The molecule has 0 radical (unpaired) electrons. The Hall–Kier alpha value is -2.41. The Labute approximate surface area is 147 Å². The predicted molar refractivity (Wildman–Crippen MR) is 89.1 cm³/mol. The Kier molecular flexibility index (Phi) is 4.53. The maximum absolute atomic E-state index is 11.6. The molecule has 2 aromatic rings. The van der Waals surface area contributed by atoms with Crippen molar-refractivity contribution in [2.24, 2.45) is 0 Å². The average molecular weight is 395 g/mol. The van der Waals surface area contributed by atoms with Gasteiger partial charge in [-0.2, -0.15) is 0 Å². The molecule has 1 aliphatic heterocycles. The van der Waals surface area contributed by atoms with E-state index in [1.807, 2.05) is 0 Å².